The fourth-order valence-corrected chi connectivity index (χ4v) is 2.93. The van der Waals surface area contributed by atoms with Gasteiger partial charge in [-0.05, 0) is 30.9 Å². The van der Waals surface area contributed by atoms with Crippen LogP contribution in [-0.4, -0.2) is 11.0 Å². The Hall–Kier alpha value is -1.13. The Morgan fingerprint density at radius 1 is 1.42 bits per heavy atom. The summed E-state index contributed by atoms with van der Waals surface area (Å²) in [5, 5.41) is 15.0. The molecule has 1 N–H and O–H groups in total. The van der Waals surface area contributed by atoms with Crippen LogP contribution in [0.5, 0.6) is 0 Å². The van der Waals surface area contributed by atoms with Crippen molar-refractivity contribution in [1.82, 2.24) is 5.32 Å². The first-order valence-corrected chi connectivity index (χ1v) is 7.12. The Bertz CT molecular complexity index is 465. The summed E-state index contributed by atoms with van der Waals surface area (Å²) in [5.41, 5.74) is 0.802. The molecule has 1 aliphatic carbocycles. The monoisotopic (exact) mass is 282 g/mol. The topological polar surface area (TPSA) is 55.2 Å². The largest absolute Gasteiger partial charge is 0.309 e. The highest BCUT2D eigenvalue weighted by atomic mass is 35.5. The molecule has 0 bridgehead atoms. The minimum atomic E-state index is -0.350. The van der Waals surface area contributed by atoms with Crippen molar-refractivity contribution in [2.75, 3.05) is 0 Å². The molecule has 0 aromatic heterocycles. The first-order valence-electron chi connectivity index (χ1n) is 6.74. The van der Waals surface area contributed by atoms with Gasteiger partial charge in [0, 0.05) is 29.2 Å². The van der Waals surface area contributed by atoms with Gasteiger partial charge >= 0.3 is 0 Å². The van der Waals surface area contributed by atoms with Gasteiger partial charge < -0.3 is 5.32 Å². The molecular weight excluding hydrogens is 264 g/mol. The summed E-state index contributed by atoms with van der Waals surface area (Å²) in [6.07, 6.45) is 4.90. The molecule has 104 valence electrons. The van der Waals surface area contributed by atoms with Gasteiger partial charge in [0.15, 0.2) is 0 Å². The zero-order valence-electron chi connectivity index (χ0n) is 11.1. The van der Waals surface area contributed by atoms with Crippen LogP contribution >= 0.6 is 11.6 Å². The summed E-state index contributed by atoms with van der Waals surface area (Å²) < 4.78 is 0. The van der Waals surface area contributed by atoms with E-state index in [-0.39, 0.29) is 10.6 Å². The van der Waals surface area contributed by atoms with Crippen LogP contribution in [0.2, 0.25) is 5.02 Å². The lowest BCUT2D eigenvalue weighted by molar-refractivity contribution is -0.385. The first kappa shape index (κ1) is 14.3. The average Bonchev–Trinajstić information content (AvgIpc) is 2.37. The molecule has 0 radical (unpaired) electrons. The molecule has 0 aliphatic heterocycles. The fraction of sp³-hybridized carbons (Fsp3) is 0.571. The Kier molecular flexibility index (Phi) is 4.77. The number of halogens is 1. The number of hydrogen-bond donors (Lipinski definition) is 1. The number of nitrogens with zero attached hydrogens (tertiary/aromatic N) is 1. The van der Waals surface area contributed by atoms with Crippen LogP contribution in [0.4, 0.5) is 5.69 Å². The lowest BCUT2D eigenvalue weighted by Gasteiger charge is -2.29. The summed E-state index contributed by atoms with van der Waals surface area (Å²) in [5.74, 6) is 0.631. The van der Waals surface area contributed by atoms with Gasteiger partial charge in [0.25, 0.3) is 5.69 Å². The van der Waals surface area contributed by atoms with Gasteiger partial charge in [-0.3, -0.25) is 10.1 Å². The fourth-order valence-electron chi connectivity index (χ4n) is 2.73. The minimum Gasteiger partial charge on any atom is -0.309 e. The van der Waals surface area contributed by atoms with Crippen molar-refractivity contribution in [3.8, 4) is 0 Å². The van der Waals surface area contributed by atoms with Crippen molar-refractivity contribution < 1.29 is 4.92 Å². The van der Waals surface area contributed by atoms with E-state index in [2.05, 4.69) is 12.2 Å². The number of nitro benzene ring substituents is 1. The van der Waals surface area contributed by atoms with E-state index in [0.29, 0.717) is 29.1 Å². The molecule has 2 atom stereocenters. The molecule has 1 aromatic carbocycles. The van der Waals surface area contributed by atoms with Crippen molar-refractivity contribution in [3.05, 3.63) is 38.9 Å². The van der Waals surface area contributed by atoms with Gasteiger partial charge in [0.2, 0.25) is 0 Å². The molecule has 1 aliphatic rings. The van der Waals surface area contributed by atoms with Crippen molar-refractivity contribution in [3.63, 3.8) is 0 Å². The third-order valence-corrected chi connectivity index (χ3v) is 4.14. The molecule has 1 aromatic rings. The second-order valence-corrected chi connectivity index (χ2v) is 5.72. The van der Waals surface area contributed by atoms with Crippen LogP contribution in [0.15, 0.2) is 18.2 Å². The SMILES string of the molecule is CC1CCCCC1NCc1cc(Cl)ccc1[N+](=O)[O-]. The summed E-state index contributed by atoms with van der Waals surface area (Å²) in [6.45, 7) is 2.75. The third-order valence-electron chi connectivity index (χ3n) is 3.90. The Morgan fingerprint density at radius 3 is 2.84 bits per heavy atom. The third kappa shape index (κ3) is 3.67. The predicted molar refractivity (Wildman–Crippen MR) is 76.4 cm³/mol. The molecule has 0 saturated heterocycles. The summed E-state index contributed by atoms with van der Waals surface area (Å²) >= 11 is 5.92. The van der Waals surface area contributed by atoms with Crippen LogP contribution in [0, 0.1) is 16.0 Å². The normalized spacial score (nSPS) is 23.3. The van der Waals surface area contributed by atoms with Gasteiger partial charge in [-0.25, -0.2) is 0 Å². The Morgan fingerprint density at radius 2 is 2.16 bits per heavy atom. The molecule has 19 heavy (non-hydrogen) atoms. The molecule has 0 amide bonds. The minimum absolute atomic E-state index is 0.139. The van der Waals surface area contributed by atoms with Crippen LogP contribution in [0.1, 0.15) is 38.2 Å². The summed E-state index contributed by atoms with van der Waals surface area (Å²) in [6, 6.07) is 5.17. The van der Waals surface area contributed by atoms with Gasteiger partial charge in [0.1, 0.15) is 0 Å². The van der Waals surface area contributed by atoms with Gasteiger partial charge in [-0.2, -0.15) is 0 Å². The van der Waals surface area contributed by atoms with Crippen LogP contribution in [0.25, 0.3) is 0 Å². The van der Waals surface area contributed by atoms with E-state index in [4.69, 9.17) is 11.6 Å². The van der Waals surface area contributed by atoms with Gasteiger partial charge in [-0.1, -0.05) is 31.4 Å². The molecular formula is C14H19ClN2O2. The molecule has 1 fully saturated rings. The maximum atomic E-state index is 11.0. The quantitative estimate of drug-likeness (QED) is 0.673. The highest BCUT2D eigenvalue weighted by Gasteiger charge is 2.22. The molecule has 5 heteroatoms. The average molecular weight is 283 g/mol. The molecule has 0 heterocycles. The second kappa shape index (κ2) is 6.35. The van der Waals surface area contributed by atoms with Crippen molar-refractivity contribution >= 4 is 17.3 Å². The summed E-state index contributed by atoms with van der Waals surface area (Å²) in [7, 11) is 0. The maximum Gasteiger partial charge on any atom is 0.273 e. The number of benzene rings is 1. The Labute approximate surface area is 118 Å². The molecule has 2 rings (SSSR count). The highest BCUT2D eigenvalue weighted by molar-refractivity contribution is 6.30. The summed E-state index contributed by atoms with van der Waals surface area (Å²) in [4.78, 5) is 10.6. The lowest BCUT2D eigenvalue weighted by Crippen LogP contribution is -2.36. The van der Waals surface area contributed by atoms with Crippen molar-refractivity contribution in [1.29, 1.82) is 0 Å². The standard InChI is InChI=1S/C14H19ClN2O2/c1-10-4-2-3-5-13(10)16-9-11-8-12(15)6-7-14(11)17(18)19/h6-8,10,13,16H,2-5,9H2,1H3. The van der Waals surface area contributed by atoms with E-state index in [1.54, 1.807) is 12.1 Å². The second-order valence-electron chi connectivity index (χ2n) is 5.28. The first-order chi connectivity index (χ1) is 9.08. The molecule has 2 unspecified atom stereocenters. The van der Waals surface area contributed by atoms with Gasteiger partial charge in [0.05, 0.1) is 4.92 Å². The van der Waals surface area contributed by atoms with E-state index >= 15 is 0 Å². The number of nitro groups is 1. The Balaban J connectivity index is 2.05. The van der Waals surface area contributed by atoms with Crippen molar-refractivity contribution in [2.45, 2.75) is 45.2 Å². The van der Waals surface area contributed by atoms with Crippen LogP contribution in [0.3, 0.4) is 0 Å². The maximum absolute atomic E-state index is 11.0. The van der Waals surface area contributed by atoms with Crippen LogP contribution in [-0.2, 0) is 6.54 Å². The van der Waals surface area contributed by atoms with E-state index < -0.39 is 0 Å². The van der Waals surface area contributed by atoms with E-state index in [0.717, 1.165) is 6.42 Å². The van der Waals surface area contributed by atoms with E-state index in [1.807, 2.05) is 0 Å². The smallest absolute Gasteiger partial charge is 0.273 e. The zero-order chi connectivity index (χ0) is 13.8. The molecule has 4 nitrogen and oxygen atoms in total. The predicted octanol–water partition coefficient (Wildman–Crippen LogP) is 3.92. The van der Waals surface area contributed by atoms with Crippen molar-refractivity contribution in [2.24, 2.45) is 5.92 Å². The molecule has 1 saturated carbocycles. The van der Waals surface area contributed by atoms with Gasteiger partial charge in [-0.15, -0.1) is 0 Å². The zero-order valence-corrected chi connectivity index (χ0v) is 11.8. The number of hydrogen-bond acceptors (Lipinski definition) is 3. The molecule has 0 spiro atoms. The highest BCUT2D eigenvalue weighted by Crippen LogP contribution is 2.26. The number of rotatable bonds is 4. The lowest BCUT2D eigenvalue weighted by atomic mass is 9.86. The van der Waals surface area contributed by atoms with E-state index in [1.165, 1.54) is 25.3 Å². The number of nitrogens with one attached hydrogen (secondary N) is 1. The van der Waals surface area contributed by atoms with E-state index in [9.17, 15) is 10.1 Å². The van der Waals surface area contributed by atoms with Crippen LogP contribution < -0.4 is 5.32 Å².